The smallest absolute Gasteiger partial charge is 0.0786 e. The van der Waals surface area contributed by atoms with E-state index in [0.29, 0.717) is 0 Å². The molecule has 0 aliphatic carbocycles. The Morgan fingerprint density at radius 3 is 0.960 bits per heavy atom. The van der Waals surface area contributed by atoms with E-state index in [-0.39, 0.29) is 0 Å². The number of nitrogens with zero attached hydrogens (tertiary/aromatic N) is 1. The molecule has 0 saturated carbocycles. The molecule has 152 valence electrons. The lowest BCUT2D eigenvalue weighted by molar-refractivity contribution is -0.928. The fraction of sp³-hybridized carbons (Fsp3) is 1.00. The first-order chi connectivity index (χ1) is 12.2. The predicted molar refractivity (Wildman–Crippen MR) is 116 cm³/mol. The maximum Gasteiger partial charge on any atom is 0.0786 e. The molecular formula is C24H52N+. The largest absolute Gasteiger partial charge is 0.324 e. The van der Waals surface area contributed by atoms with Crippen molar-refractivity contribution in [1.82, 2.24) is 0 Å². The van der Waals surface area contributed by atoms with Gasteiger partial charge in [-0.1, -0.05) is 91.9 Å². The van der Waals surface area contributed by atoms with Gasteiger partial charge in [0.2, 0.25) is 0 Å². The van der Waals surface area contributed by atoms with Gasteiger partial charge in [0.05, 0.1) is 26.2 Å². The first-order valence-corrected chi connectivity index (χ1v) is 12.1. The van der Waals surface area contributed by atoms with E-state index < -0.39 is 0 Å². The van der Waals surface area contributed by atoms with Crippen molar-refractivity contribution in [3.8, 4) is 0 Å². The van der Waals surface area contributed by atoms with E-state index in [1.165, 1.54) is 133 Å². The van der Waals surface area contributed by atoms with Crippen LogP contribution in [-0.2, 0) is 0 Å². The number of hydrogen-bond donors (Lipinski definition) is 0. The van der Waals surface area contributed by atoms with E-state index in [1.807, 2.05) is 0 Å². The zero-order chi connectivity index (χ0) is 18.6. The summed E-state index contributed by atoms with van der Waals surface area (Å²) in [5.41, 5.74) is 0. The van der Waals surface area contributed by atoms with Gasteiger partial charge in [-0.25, -0.2) is 0 Å². The van der Waals surface area contributed by atoms with Crippen LogP contribution < -0.4 is 0 Å². The van der Waals surface area contributed by atoms with Gasteiger partial charge in [-0.15, -0.1) is 0 Å². The Hall–Kier alpha value is -0.0400. The van der Waals surface area contributed by atoms with Gasteiger partial charge >= 0.3 is 0 Å². The molecule has 0 radical (unpaired) electrons. The van der Waals surface area contributed by atoms with Crippen molar-refractivity contribution < 1.29 is 4.48 Å². The second-order valence-electron chi connectivity index (χ2n) is 8.48. The topological polar surface area (TPSA) is 0 Å². The summed E-state index contributed by atoms with van der Waals surface area (Å²) in [5.74, 6) is 0. The monoisotopic (exact) mass is 354 g/mol. The second-order valence-corrected chi connectivity index (χ2v) is 8.48. The second kappa shape index (κ2) is 18.7. The lowest BCUT2D eigenvalue weighted by Gasteiger charge is -2.39. The molecule has 0 rings (SSSR count). The molecule has 0 spiro atoms. The third-order valence-electron chi connectivity index (χ3n) is 5.87. The lowest BCUT2D eigenvalue weighted by Crippen LogP contribution is -2.50. The molecule has 25 heavy (non-hydrogen) atoms. The Morgan fingerprint density at radius 2 is 0.640 bits per heavy atom. The molecule has 0 aromatic heterocycles. The van der Waals surface area contributed by atoms with E-state index >= 15 is 0 Å². The van der Waals surface area contributed by atoms with Crippen molar-refractivity contribution in [2.45, 2.75) is 130 Å². The first kappa shape index (κ1) is 25.0. The van der Waals surface area contributed by atoms with Crippen molar-refractivity contribution in [2.75, 3.05) is 26.2 Å². The highest BCUT2D eigenvalue weighted by Crippen LogP contribution is 2.17. The van der Waals surface area contributed by atoms with E-state index in [9.17, 15) is 0 Å². The predicted octanol–water partition coefficient (Wildman–Crippen LogP) is 8.12. The van der Waals surface area contributed by atoms with Gasteiger partial charge < -0.3 is 4.48 Å². The zero-order valence-corrected chi connectivity index (χ0v) is 18.6. The quantitative estimate of drug-likeness (QED) is 0.153. The van der Waals surface area contributed by atoms with Crippen LogP contribution >= 0.6 is 0 Å². The summed E-state index contributed by atoms with van der Waals surface area (Å²) in [5, 5.41) is 0. The fourth-order valence-corrected chi connectivity index (χ4v) is 4.43. The standard InChI is InChI=1S/C24H52N/c1-5-9-11-13-15-17-19-23-25(21-7-3,22-8-4)24-20-18-16-14-12-10-6-2/h5-24H2,1-4H3/q+1. The van der Waals surface area contributed by atoms with Crippen LogP contribution in [0, 0.1) is 0 Å². The number of hydrogen-bond acceptors (Lipinski definition) is 0. The molecule has 0 aromatic rings. The van der Waals surface area contributed by atoms with Gasteiger partial charge in [0.1, 0.15) is 0 Å². The molecule has 0 N–H and O–H groups in total. The van der Waals surface area contributed by atoms with Crippen molar-refractivity contribution in [1.29, 1.82) is 0 Å². The third-order valence-corrected chi connectivity index (χ3v) is 5.87. The van der Waals surface area contributed by atoms with Crippen LogP contribution in [-0.4, -0.2) is 30.7 Å². The average Bonchev–Trinajstić information content (AvgIpc) is 2.61. The Morgan fingerprint density at radius 1 is 0.320 bits per heavy atom. The average molecular weight is 355 g/mol. The molecule has 1 heteroatoms. The van der Waals surface area contributed by atoms with Gasteiger partial charge in [-0.05, 0) is 38.5 Å². The Labute approximate surface area is 161 Å². The van der Waals surface area contributed by atoms with Crippen LogP contribution in [0.1, 0.15) is 130 Å². The van der Waals surface area contributed by atoms with Gasteiger partial charge in [0, 0.05) is 0 Å². The molecule has 0 aliphatic rings. The van der Waals surface area contributed by atoms with Crippen molar-refractivity contribution in [2.24, 2.45) is 0 Å². The molecule has 0 bridgehead atoms. The van der Waals surface area contributed by atoms with Crippen molar-refractivity contribution in [3.63, 3.8) is 0 Å². The minimum atomic E-state index is 1.35. The molecule has 0 aromatic carbocycles. The van der Waals surface area contributed by atoms with Gasteiger partial charge in [-0.3, -0.25) is 0 Å². The normalized spacial score (nSPS) is 12.0. The third kappa shape index (κ3) is 14.8. The van der Waals surface area contributed by atoms with Gasteiger partial charge in [-0.2, -0.15) is 0 Å². The molecule has 0 saturated heterocycles. The molecule has 0 atom stereocenters. The number of rotatable bonds is 20. The van der Waals surface area contributed by atoms with Crippen molar-refractivity contribution in [3.05, 3.63) is 0 Å². The van der Waals surface area contributed by atoms with Crippen molar-refractivity contribution >= 4 is 0 Å². The molecule has 1 nitrogen and oxygen atoms in total. The van der Waals surface area contributed by atoms with Crippen LogP contribution in [0.15, 0.2) is 0 Å². The van der Waals surface area contributed by atoms with Gasteiger partial charge in [0.15, 0.2) is 0 Å². The molecular weight excluding hydrogens is 302 g/mol. The molecule has 0 aliphatic heterocycles. The molecule has 0 amide bonds. The van der Waals surface area contributed by atoms with Crippen LogP contribution in [0.3, 0.4) is 0 Å². The summed E-state index contributed by atoms with van der Waals surface area (Å²) in [6.07, 6.45) is 22.9. The van der Waals surface area contributed by atoms with Crippen LogP contribution in [0.25, 0.3) is 0 Å². The summed E-state index contributed by atoms with van der Waals surface area (Å²) in [6, 6.07) is 0. The Kier molecular flexibility index (Phi) is 18.7. The summed E-state index contributed by atoms with van der Waals surface area (Å²) < 4.78 is 1.43. The molecule has 0 fully saturated rings. The summed E-state index contributed by atoms with van der Waals surface area (Å²) in [4.78, 5) is 0. The van der Waals surface area contributed by atoms with E-state index in [4.69, 9.17) is 0 Å². The van der Waals surface area contributed by atoms with Crippen LogP contribution in [0.5, 0.6) is 0 Å². The SMILES string of the molecule is CCCCCCCCC[N+](CCC)(CCC)CCCCCCCCC. The van der Waals surface area contributed by atoms with E-state index in [2.05, 4.69) is 27.7 Å². The summed E-state index contributed by atoms with van der Waals surface area (Å²) in [7, 11) is 0. The highest BCUT2D eigenvalue weighted by molar-refractivity contribution is 4.52. The van der Waals surface area contributed by atoms with E-state index in [0.717, 1.165) is 0 Å². The number of unbranched alkanes of at least 4 members (excludes halogenated alkanes) is 12. The Balaban J connectivity index is 4.06. The highest BCUT2D eigenvalue weighted by Gasteiger charge is 2.24. The minimum Gasteiger partial charge on any atom is -0.324 e. The molecule has 0 heterocycles. The molecule has 0 unspecified atom stereocenters. The van der Waals surface area contributed by atoms with Crippen LogP contribution in [0.4, 0.5) is 0 Å². The minimum absolute atomic E-state index is 1.35. The summed E-state index contributed by atoms with van der Waals surface area (Å²) in [6.45, 7) is 15.1. The lowest BCUT2D eigenvalue weighted by atomic mass is 10.1. The maximum atomic E-state index is 2.39. The Bertz CT molecular complexity index is 222. The fourth-order valence-electron chi connectivity index (χ4n) is 4.43. The highest BCUT2D eigenvalue weighted by atomic mass is 15.3. The van der Waals surface area contributed by atoms with Crippen LogP contribution in [0.2, 0.25) is 0 Å². The van der Waals surface area contributed by atoms with E-state index in [1.54, 1.807) is 0 Å². The first-order valence-electron chi connectivity index (χ1n) is 12.1. The maximum absolute atomic E-state index is 2.39. The summed E-state index contributed by atoms with van der Waals surface area (Å²) >= 11 is 0. The zero-order valence-electron chi connectivity index (χ0n) is 18.6. The number of quaternary nitrogens is 1. The van der Waals surface area contributed by atoms with Gasteiger partial charge in [0.25, 0.3) is 0 Å².